The van der Waals surface area contributed by atoms with Crippen LogP contribution in [0.25, 0.3) is 0 Å². The zero-order chi connectivity index (χ0) is 16.4. The van der Waals surface area contributed by atoms with Gasteiger partial charge in [0.25, 0.3) is 17.5 Å². The van der Waals surface area contributed by atoms with Crippen molar-refractivity contribution in [3.05, 3.63) is 35.4 Å². The van der Waals surface area contributed by atoms with Gasteiger partial charge in [-0.2, -0.15) is 0 Å². The standard InChI is InChI=1S/C17H14FNO4/c18-17(10-6-2-1-3-7-11-17)16(22)23-19-14(20)12-8-4-5-9-13(12)15(19)21/h4-5,8-9H,1-3,6,10H2. The molecule has 0 aromatic heterocycles. The number of nitrogens with zero attached hydrogens (tertiary/aromatic N) is 1. The number of hydrogen-bond acceptors (Lipinski definition) is 4. The molecular weight excluding hydrogens is 301 g/mol. The third-order valence-corrected chi connectivity index (χ3v) is 3.86. The van der Waals surface area contributed by atoms with Crippen LogP contribution in [0, 0.1) is 11.8 Å². The smallest absolute Gasteiger partial charge is 0.325 e. The van der Waals surface area contributed by atoms with Gasteiger partial charge in [0.2, 0.25) is 0 Å². The normalized spacial score (nSPS) is 23.4. The van der Waals surface area contributed by atoms with E-state index in [1.165, 1.54) is 12.1 Å². The molecule has 0 spiro atoms. The first-order chi connectivity index (χ1) is 11.0. The van der Waals surface area contributed by atoms with Gasteiger partial charge in [0.1, 0.15) is 0 Å². The Morgan fingerprint density at radius 3 is 2.43 bits per heavy atom. The average Bonchev–Trinajstić information content (AvgIpc) is 2.77. The van der Waals surface area contributed by atoms with Crippen LogP contribution in [0.5, 0.6) is 0 Å². The third-order valence-electron chi connectivity index (χ3n) is 3.86. The molecule has 2 aliphatic rings. The number of fused-ring (bicyclic) bond motifs is 1. The third kappa shape index (κ3) is 2.70. The largest absolute Gasteiger partial charge is 0.382 e. The number of amides is 2. The Kier molecular flexibility index (Phi) is 3.87. The molecule has 1 heterocycles. The summed E-state index contributed by atoms with van der Waals surface area (Å²) < 4.78 is 14.7. The number of benzene rings is 1. The second-order valence-corrected chi connectivity index (χ2v) is 5.49. The molecule has 1 aliphatic carbocycles. The van der Waals surface area contributed by atoms with Crippen molar-refractivity contribution in [1.29, 1.82) is 0 Å². The van der Waals surface area contributed by atoms with Crippen LogP contribution in [0.15, 0.2) is 24.3 Å². The van der Waals surface area contributed by atoms with Crippen LogP contribution < -0.4 is 0 Å². The summed E-state index contributed by atoms with van der Waals surface area (Å²) >= 11 is 0. The second-order valence-electron chi connectivity index (χ2n) is 5.49. The number of alkyl halides is 1. The molecule has 0 radical (unpaired) electrons. The van der Waals surface area contributed by atoms with Gasteiger partial charge >= 0.3 is 5.97 Å². The summed E-state index contributed by atoms with van der Waals surface area (Å²) in [4.78, 5) is 41.2. The van der Waals surface area contributed by atoms with Crippen LogP contribution in [0.4, 0.5) is 4.39 Å². The topological polar surface area (TPSA) is 63.7 Å². The lowest BCUT2D eigenvalue weighted by Gasteiger charge is -2.21. The number of halogens is 1. The Bertz CT molecular complexity index is 713. The van der Waals surface area contributed by atoms with Crippen LogP contribution in [0.3, 0.4) is 0 Å². The van der Waals surface area contributed by atoms with Crippen LogP contribution >= 0.6 is 0 Å². The molecule has 1 aliphatic heterocycles. The van der Waals surface area contributed by atoms with Gasteiger partial charge in [-0.3, -0.25) is 9.59 Å². The van der Waals surface area contributed by atoms with E-state index in [4.69, 9.17) is 4.84 Å². The van der Waals surface area contributed by atoms with E-state index in [1.54, 1.807) is 12.1 Å². The zero-order valence-electron chi connectivity index (χ0n) is 12.3. The Balaban J connectivity index is 1.81. The molecule has 3 rings (SSSR count). The molecule has 5 nitrogen and oxygen atoms in total. The number of hydrogen-bond donors (Lipinski definition) is 0. The number of hydroxylamine groups is 2. The maximum absolute atomic E-state index is 14.7. The molecule has 1 atom stereocenters. The predicted molar refractivity (Wildman–Crippen MR) is 77.7 cm³/mol. The van der Waals surface area contributed by atoms with Gasteiger partial charge in [-0.05, 0) is 25.0 Å². The Labute approximate surface area is 132 Å². The van der Waals surface area contributed by atoms with Crippen LogP contribution in [0.1, 0.15) is 52.8 Å². The SMILES string of the molecule is O=C1c2ccccc2C(=O)N1OC(=O)C1(F)C#CCCCCC1. The Morgan fingerprint density at radius 2 is 1.78 bits per heavy atom. The predicted octanol–water partition coefficient (Wildman–Crippen LogP) is 2.42. The fourth-order valence-electron chi connectivity index (χ4n) is 2.58. The van der Waals surface area contributed by atoms with Gasteiger partial charge in [0.05, 0.1) is 11.1 Å². The number of imide groups is 1. The number of carbonyl (C=O) groups excluding carboxylic acids is 3. The molecule has 1 aromatic rings. The monoisotopic (exact) mass is 315 g/mol. The molecule has 118 valence electrons. The highest BCUT2D eigenvalue weighted by atomic mass is 19.1. The summed E-state index contributed by atoms with van der Waals surface area (Å²) in [6.45, 7) is 0. The molecule has 2 amide bonds. The zero-order valence-corrected chi connectivity index (χ0v) is 12.3. The minimum absolute atomic E-state index is 0.109. The molecule has 6 heteroatoms. The van der Waals surface area contributed by atoms with Gasteiger partial charge in [-0.25, -0.2) is 9.18 Å². The van der Waals surface area contributed by atoms with E-state index < -0.39 is 23.5 Å². The lowest BCUT2D eigenvalue weighted by atomic mass is 9.96. The highest BCUT2D eigenvalue weighted by Gasteiger charge is 2.45. The van der Waals surface area contributed by atoms with Crippen LogP contribution in [-0.4, -0.2) is 28.5 Å². The van der Waals surface area contributed by atoms with Gasteiger partial charge in [0, 0.05) is 12.8 Å². The fraction of sp³-hybridized carbons (Fsp3) is 0.353. The van der Waals surface area contributed by atoms with E-state index in [-0.39, 0.29) is 17.5 Å². The van der Waals surface area contributed by atoms with Crippen molar-refractivity contribution >= 4 is 17.8 Å². The summed E-state index contributed by atoms with van der Waals surface area (Å²) in [6.07, 6.45) is 2.51. The van der Waals surface area contributed by atoms with Crippen LogP contribution in [0.2, 0.25) is 0 Å². The summed E-state index contributed by atoms with van der Waals surface area (Å²) in [5.41, 5.74) is -2.24. The maximum atomic E-state index is 14.7. The minimum atomic E-state index is -2.49. The first kappa shape index (κ1) is 15.2. The molecule has 1 unspecified atom stereocenters. The summed E-state index contributed by atoms with van der Waals surface area (Å²) in [7, 11) is 0. The van der Waals surface area contributed by atoms with Crippen molar-refractivity contribution in [2.45, 2.75) is 37.8 Å². The highest BCUT2D eigenvalue weighted by molar-refractivity contribution is 6.21. The van der Waals surface area contributed by atoms with Gasteiger partial charge in [0.15, 0.2) is 0 Å². The molecule has 1 aromatic carbocycles. The quantitative estimate of drug-likeness (QED) is 0.621. The number of rotatable bonds is 2. The fourth-order valence-corrected chi connectivity index (χ4v) is 2.58. The second kappa shape index (κ2) is 5.84. The molecule has 23 heavy (non-hydrogen) atoms. The number of carbonyl (C=O) groups is 3. The molecule has 0 fully saturated rings. The molecule has 0 bridgehead atoms. The first-order valence-electron chi connectivity index (χ1n) is 7.42. The van der Waals surface area contributed by atoms with Crippen molar-refractivity contribution < 1.29 is 23.6 Å². The Morgan fingerprint density at radius 1 is 1.13 bits per heavy atom. The molecule has 0 saturated heterocycles. The van der Waals surface area contributed by atoms with E-state index in [2.05, 4.69) is 11.8 Å². The minimum Gasteiger partial charge on any atom is -0.325 e. The van der Waals surface area contributed by atoms with E-state index in [9.17, 15) is 18.8 Å². The van der Waals surface area contributed by atoms with Gasteiger partial charge in [-0.15, -0.1) is 0 Å². The van der Waals surface area contributed by atoms with E-state index in [0.717, 1.165) is 12.8 Å². The van der Waals surface area contributed by atoms with Crippen LogP contribution in [-0.2, 0) is 9.63 Å². The van der Waals surface area contributed by atoms with Gasteiger partial charge in [-0.1, -0.05) is 35.5 Å². The summed E-state index contributed by atoms with van der Waals surface area (Å²) in [5.74, 6) is 2.02. The molecular formula is C17H14FNO4. The lowest BCUT2D eigenvalue weighted by Crippen LogP contribution is -2.42. The molecule has 0 N–H and O–H groups in total. The van der Waals surface area contributed by atoms with Crippen molar-refractivity contribution in [2.24, 2.45) is 0 Å². The highest BCUT2D eigenvalue weighted by Crippen LogP contribution is 2.27. The summed E-state index contributed by atoms with van der Waals surface area (Å²) in [5, 5.41) is 0.314. The van der Waals surface area contributed by atoms with Crippen molar-refractivity contribution in [3.63, 3.8) is 0 Å². The van der Waals surface area contributed by atoms with Crippen molar-refractivity contribution in [3.8, 4) is 11.8 Å². The van der Waals surface area contributed by atoms with Gasteiger partial charge < -0.3 is 4.84 Å². The van der Waals surface area contributed by atoms with E-state index >= 15 is 0 Å². The van der Waals surface area contributed by atoms with Crippen molar-refractivity contribution in [2.75, 3.05) is 0 Å². The van der Waals surface area contributed by atoms with E-state index in [1.807, 2.05) is 0 Å². The molecule has 0 saturated carbocycles. The average molecular weight is 315 g/mol. The van der Waals surface area contributed by atoms with E-state index in [0.29, 0.717) is 17.9 Å². The maximum Gasteiger partial charge on any atom is 0.382 e. The lowest BCUT2D eigenvalue weighted by molar-refractivity contribution is -0.179. The Hall–Kier alpha value is -2.68. The van der Waals surface area contributed by atoms with Crippen molar-refractivity contribution in [1.82, 2.24) is 5.06 Å². The summed E-state index contributed by atoms with van der Waals surface area (Å²) in [6, 6.07) is 6.08. The first-order valence-corrected chi connectivity index (χ1v) is 7.42.